The van der Waals surface area contributed by atoms with Crippen LogP contribution in [0.25, 0.3) is 40.0 Å². The van der Waals surface area contributed by atoms with Crippen molar-refractivity contribution in [3.63, 3.8) is 0 Å². The van der Waals surface area contributed by atoms with Crippen molar-refractivity contribution in [2.45, 2.75) is 17.9 Å². The van der Waals surface area contributed by atoms with Gasteiger partial charge in [0.05, 0.1) is 39.8 Å². The van der Waals surface area contributed by atoms with Crippen LogP contribution < -0.4 is 14.9 Å². The van der Waals surface area contributed by atoms with Gasteiger partial charge in [-0.2, -0.15) is 0 Å². The standard InChI is InChI=1S/C45H35N3O3S2/c1-3-51-44(50)39-40(31-18-10-5-11-19-31)46-45-48(42(39)33-24-26-36(52-2)27-25-33)43(49)38(53-45)29-34-28-37(30-16-8-4-9-17-30)47(35-22-14-7-15-23-35)41(34)32-20-12-6-13-21-32/h4-29,42H,3H2,1-2H3/b38-29-/t42-/m1/s1. The van der Waals surface area contributed by atoms with Gasteiger partial charge in [-0.25, -0.2) is 9.79 Å². The highest BCUT2D eigenvalue weighted by Gasteiger charge is 2.35. The van der Waals surface area contributed by atoms with E-state index in [-0.39, 0.29) is 12.2 Å². The summed E-state index contributed by atoms with van der Waals surface area (Å²) in [6.45, 7) is 1.98. The fourth-order valence-corrected chi connectivity index (χ4v) is 8.28. The van der Waals surface area contributed by atoms with Crippen molar-refractivity contribution in [1.82, 2.24) is 9.13 Å². The Kier molecular flexibility index (Phi) is 9.63. The van der Waals surface area contributed by atoms with Crippen molar-refractivity contribution in [1.29, 1.82) is 0 Å². The minimum absolute atomic E-state index is 0.192. The van der Waals surface area contributed by atoms with Crippen molar-refractivity contribution in [2.24, 2.45) is 4.99 Å². The van der Waals surface area contributed by atoms with E-state index in [9.17, 15) is 9.59 Å². The maximum atomic E-state index is 14.9. The topological polar surface area (TPSA) is 65.6 Å². The quantitative estimate of drug-likeness (QED) is 0.110. The first-order valence-electron chi connectivity index (χ1n) is 17.4. The molecular weight excluding hydrogens is 695 g/mol. The van der Waals surface area contributed by atoms with Gasteiger partial charge in [0, 0.05) is 21.7 Å². The molecule has 260 valence electrons. The number of aromatic nitrogens is 2. The van der Waals surface area contributed by atoms with Gasteiger partial charge in [-0.1, -0.05) is 133 Å². The van der Waals surface area contributed by atoms with Crippen LogP contribution in [-0.2, 0) is 9.53 Å². The Morgan fingerprint density at radius 1 is 0.792 bits per heavy atom. The fourth-order valence-electron chi connectivity index (χ4n) is 6.88. The van der Waals surface area contributed by atoms with Crippen molar-refractivity contribution < 1.29 is 9.53 Å². The minimum atomic E-state index is -0.749. The van der Waals surface area contributed by atoms with Crippen LogP contribution in [0.4, 0.5) is 0 Å². The molecule has 1 aliphatic heterocycles. The van der Waals surface area contributed by atoms with Crippen LogP contribution >= 0.6 is 23.1 Å². The van der Waals surface area contributed by atoms with Gasteiger partial charge in [0.25, 0.3) is 5.56 Å². The summed E-state index contributed by atoms with van der Waals surface area (Å²) < 4.78 is 10.1. The molecule has 0 aliphatic carbocycles. The van der Waals surface area contributed by atoms with E-state index in [2.05, 4.69) is 47.0 Å². The number of esters is 1. The Bertz CT molecular complexity index is 2630. The maximum absolute atomic E-state index is 14.9. The molecule has 1 aliphatic rings. The van der Waals surface area contributed by atoms with Gasteiger partial charge in [-0.15, -0.1) is 11.8 Å². The predicted octanol–water partition coefficient (Wildman–Crippen LogP) is 8.78. The van der Waals surface area contributed by atoms with Crippen molar-refractivity contribution >= 4 is 40.8 Å². The molecule has 0 saturated carbocycles. The van der Waals surface area contributed by atoms with Gasteiger partial charge in [0.2, 0.25) is 0 Å². The minimum Gasteiger partial charge on any atom is -0.463 e. The van der Waals surface area contributed by atoms with E-state index in [0.717, 1.165) is 49.8 Å². The summed E-state index contributed by atoms with van der Waals surface area (Å²) in [5.41, 5.74) is 8.10. The van der Waals surface area contributed by atoms with Gasteiger partial charge in [-0.3, -0.25) is 9.36 Å². The summed E-state index contributed by atoms with van der Waals surface area (Å²) in [4.78, 5) is 35.5. The molecular formula is C45H35N3O3S2. The number of thioether (sulfide) groups is 1. The third kappa shape index (κ3) is 6.52. The number of thiazole rings is 1. The average molecular weight is 730 g/mol. The molecule has 5 aromatic carbocycles. The van der Waals surface area contributed by atoms with Crippen molar-refractivity contribution in [3.8, 4) is 28.2 Å². The zero-order valence-electron chi connectivity index (χ0n) is 29.2. The first kappa shape index (κ1) is 34.1. The molecule has 8 heteroatoms. The van der Waals surface area contributed by atoms with Crippen LogP contribution in [0.1, 0.15) is 29.7 Å². The molecule has 0 bridgehead atoms. The van der Waals surface area contributed by atoms with E-state index in [1.54, 1.807) is 23.3 Å². The first-order valence-corrected chi connectivity index (χ1v) is 19.4. The number of hydrogen-bond acceptors (Lipinski definition) is 6. The van der Waals surface area contributed by atoms with Gasteiger partial charge in [0.1, 0.15) is 0 Å². The highest BCUT2D eigenvalue weighted by atomic mass is 32.2. The molecule has 0 N–H and O–H groups in total. The molecule has 0 radical (unpaired) electrons. The fraction of sp³-hybridized carbons (Fsp3) is 0.0889. The monoisotopic (exact) mass is 729 g/mol. The van der Waals surface area contributed by atoms with Gasteiger partial charge in [-0.05, 0) is 66.3 Å². The molecule has 8 rings (SSSR count). The summed E-state index contributed by atoms with van der Waals surface area (Å²) in [6.07, 6.45) is 4.00. The number of benzene rings is 5. The maximum Gasteiger partial charge on any atom is 0.338 e. The zero-order valence-corrected chi connectivity index (χ0v) is 30.8. The van der Waals surface area contributed by atoms with Gasteiger partial charge in [0.15, 0.2) is 4.80 Å². The third-order valence-electron chi connectivity index (χ3n) is 9.25. The van der Waals surface area contributed by atoms with Crippen LogP contribution in [0.3, 0.4) is 0 Å². The lowest BCUT2D eigenvalue weighted by Crippen LogP contribution is -2.40. The molecule has 6 nitrogen and oxygen atoms in total. The second-order valence-electron chi connectivity index (χ2n) is 12.4. The first-order chi connectivity index (χ1) is 26.1. The Hall–Kier alpha value is -5.96. The molecule has 0 spiro atoms. The molecule has 0 saturated heterocycles. The molecule has 0 fully saturated rings. The Labute approximate surface area is 315 Å². The predicted molar refractivity (Wildman–Crippen MR) is 216 cm³/mol. The third-order valence-corrected chi connectivity index (χ3v) is 11.0. The van der Waals surface area contributed by atoms with E-state index in [1.165, 1.54) is 11.3 Å². The van der Waals surface area contributed by atoms with E-state index < -0.39 is 12.0 Å². The largest absolute Gasteiger partial charge is 0.463 e. The SMILES string of the molecule is CCOC(=O)C1=C(c2ccccc2)N=c2s/c(=C\c3cc(-c4ccccc4)n(-c4ccccc4)c3-c3ccccc3)c(=O)n2[C@@H]1c1ccc(SC)cc1. The molecule has 2 aromatic heterocycles. The zero-order chi connectivity index (χ0) is 36.3. The van der Waals surface area contributed by atoms with Crippen LogP contribution in [-0.4, -0.2) is 28.0 Å². The van der Waals surface area contributed by atoms with Gasteiger partial charge >= 0.3 is 5.97 Å². The van der Waals surface area contributed by atoms with E-state index >= 15 is 0 Å². The highest BCUT2D eigenvalue weighted by Crippen LogP contribution is 2.38. The summed E-state index contributed by atoms with van der Waals surface area (Å²) >= 11 is 2.96. The smallest absolute Gasteiger partial charge is 0.338 e. The number of fused-ring (bicyclic) bond motifs is 1. The van der Waals surface area contributed by atoms with Gasteiger partial charge < -0.3 is 9.30 Å². The molecule has 7 aromatic rings. The summed E-state index contributed by atoms with van der Waals surface area (Å²) in [6, 6.07) is 49.9. The number of hydrogen-bond donors (Lipinski definition) is 0. The lowest BCUT2D eigenvalue weighted by molar-refractivity contribution is -0.138. The van der Waals surface area contributed by atoms with Crippen LogP contribution in [0.5, 0.6) is 0 Å². The van der Waals surface area contributed by atoms with Crippen LogP contribution in [0.2, 0.25) is 0 Å². The molecule has 0 unspecified atom stereocenters. The lowest BCUT2D eigenvalue weighted by Gasteiger charge is -2.26. The molecule has 1 atom stereocenters. The second kappa shape index (κ2) is 14.9. The van der Waals surface area contributed by atoms with Crippen molar-refractivity contribution in [2.75, 3.05) is 12.9 Å². The molecule has 53 heavy (non-hydrogen) atoms. The summed E-state index contributed by atoms with van der Waals surface area (Å²) in [5.74, 6) is -0.498. The molecule has 3 heterocycles. The number of ether oxygens (including phenoxy) is 1. The van der Waals surface area contributed by atoms with Crippen molar-refractivity contribution in [3.05, 3.63) is 194 Å². The number of para-hydroxylation sites is 1. The number of nitrogens with zero attached hydrogens (tertiary/aromatic N) is 3. The lowest BCUT2D eigenvalue weighted by atomic mass is 9.93. The van der Waals surface area contributed by atoms with E-state index in [1.807, 2.05) is 122 Å². The number of carbonyl (C=O) groups excluding carboxylic acids is 1. The molecule has 0 amide bonds. The summed E-state index contributed by atoms with van der Waals surface area (Å²) in [7, 11) is 0. The Morgan fingerprint density at radius 2 is 1.38 bits per heavy atom. The second-order valence-corrected chi connectivity index (χ2v) is 14.3. The van der Waals surface area contributed by atoms with E-state index in [4.69, 9.17) is 9.73 Å². The summed E-state index contributed by atoms with van der Waals surface area (Å²) in [5, 5.41) is 0. The number of carbonyl (C=O) groups is 1. The van der Waals surface area contributed by atoms with E-state index in [0.29, 0.717) is 20.6 Å². The van der Waals surface area contributed by atoms with Crippen LogP contribution in [0, 0.1) is 0 Å². The van der Waals surface area contributed by atoms with Crippen LogP contribution in [0.15, 0.2) is 172 Å². The Balaban J connectivity index is 1.42. The Morgan fingerprint density at radius 3 is 1.98 bits per heavy atom. The average Bonchev–Trinajstić information content (AvgIpc) is 3.75. The highest BCUT2D eigenvalue weighted by molar-refractivity contribution is 7.98. The normalized spacial score (nSPS) is 14.2. The number of rotatable bonds is 9.